The molecule has 1 aromatic heterocycles. The molecule has 0 radical (unpaired) electrons. The molecule has 0 unspecified atom stereocenters. The third-order valence-corrected chi connectivity index (χ3v) is 3.87. The first-order chi connectivity index (χ1) is 10.7. The summed E-state index contributed by atoms with van der Waals surface area (Å²) in [5.74, 6) is 0. The van der Waals surface area contributed by atoms with E-state index in [1.807, 2.05) is 17.8 Å². The summed E-state index contributed by atoms with van der Waals surface area (Å²) in [5, 5.41) is 0. The smallest absolute Gasteiger partial charge is 0.0943 e. The molecule has 22 heavy (non-hydrogen) atoms. The maximum atomic E-state index is 3.78. The van der Waals surface area contributed by atoms with Gasteiger partial charge in [-0.1, -0.05) is 51.9 Å². The third kappa shape index (κ3) is 9.48. The van der Waals surface area contributed by atoms with Gasteiger partial charge >= 0.3 is 0 Å². The van der Waals surface area contributed by atoms with Crippen molar-refractivity contribution in [3.63, 3.8) is 0 Å². The molecule has 0 saturated carbocycles. The third-order valence-electron chi connectivity index (χ3n) is 3.87. The fraction of sp³-hybridized carbons (Fsp3) is 0.722. The predicted octanol–water partition coefficient (Wildman–Crippen LogP) is 4.22. The second-order valence-electron chi connectivity index (χ2n) is 6.21. The average Bonchev–Trinajstić information content (AvgIpc) is 3.14. The van der Waals surface area contributed by atoms with E-state index >= 15 is 0 Å². The molecule has 1 aliphatic heterocycles. The predicted molar refractivity (Wildman–Crippen MR) is 94.3 cm³/mol. The fourth-order valence-electron chi connectivity index (χ4n) is 2.51. The first kappa shape index (κ1) is 18.6. The van der Waals surface area contributed by atoms with E-state index in [0.717, 1.165) is 6.67 Å². The van der Waals surface area contributed by atoms with Crippen LogP contribution in [0.5, 0.6) is 0 Å². The van der Waals surface area contributed by atoms with Crippen LogP contribution in [0.2, 0.25) is 0 Å². The van der Waals surface area contributed by atoms with E-state index in [1.54, 1.807) is 12.5 Å². The minimum absolute atomic E-state index is 1.08. The molecule has 1 aliphatic rings. The van der Waals surface area contributed by atoms with Crippen molar-refractivity contribution in [1.29, 1.82) is 0 Å². The topological polar surface area (TPSA) is 24.3 Å². The Hall–Kier alpha value is -1.45. The van der Waals surface area contributed by atoms with Crippen LogP contribution in [0.25, 0.3) is 0 Å². The number of aryl methyl sites for hydroxylation is 1. The van der Waals surface area contributed by atoms with Gasteiger partial charge in [-0.2, -0.15) is 0 Å². The fourth-order valence-corrected chi connectivity index (χ4v) is 2.51. The van der Waals surface area contributed by atoms with E-state index in [1.165, 1.54) is 57.9 Å². The van der Waals surface area contributed by atoms with Gasteiger partial charge in [-0.3, -0.25) is 0 Å². The van der Waals surface area contributed by atoms with E-state index in [9.17, 15) is 0 Å². The summed E-state index contributed by atoms with van der Waals surface area (Å²) in [6.45, 7) is 4.59. The zero-order chi connectivity index (χ0) is 16.0. The molecule has 4 heteroatoms. The van der Waals surface area contributed by atoms with Crippen molar-refractivity contribution in [2.24, 2.45) is 7.05 Å². The number of rotatable bonds is 9. The van der Waals surface area contributed by atoms with Crippen LogP contribution in [0.1, 0.15) is 58.3 Å². The molecule has 0 atom stereocenters. The lowest BCUT2D eigenvalue weighted by Crippen LogP contribution is -2.23. The quantitative estimate of drug-likeness (QED) is 0.638. The summed E-state index contributed by atoms with van der Waals surface area (Å²) in [5.41, 5.74) is 0. The zero-order valence-corrected chi connectivity index (χ0v) is 14.7. The van der Waals surface area contributed by atoms with Crippen molar-refractivity contribution in [2.45, 2.75) is 58.3 Å². The summed E-state index contributed by atoms with van der Waals surface area (Å²) in [6.07, 6.45) is 21.0. The van der Waals surface area contributed by atoms with Crippen LogP contribution in [-0.2, 0) is 7.05 Å². The molecular formula is C18H34N4. The molecule has 2 heterocycles. The Kier molecular flexibility index (Phi) is 10.3. The van der Waals surface area contributed by atoms with Crippen LogP contribution < -0.4 is 0 Å². The van der Waals surface area contributed by atoms with Gasteiger partial charge in [-0.15, -0.1) is 0 Å². The van der Waals surface area contributed by atoms with Crippen molar-refractivity contribution < 1.29 is 0 Å². The Labute approximate surface area is 136 Å². The molecule has 0 spiro atoms. The van der Waals surface area contributed by atoms with E-state index in [0.29, 0.717) is 0 Å². The van der Waals surface area contributed by atoms with Crippen LogP contribution in [0.4, 0.5) is 0 Å². The highest BCUT2D eigenvalue weighted by Gasteiger charge is 2.06. The minimum atomic E-state index is 1.08. The summed E-state index contributed by atoms with van der Waals surface area (Å²) < 4.78 is 1.89. The van der Waals surface area contributed by atoms with Crippen LogP contribution >= 0.6 is 0 Å². The van der Waals surface area contributed by atoms with Crippen LogP contribution in [0, 0.1) is 0 Å². The van der Waals surface area contributed by atoms with Crippen molar-refractivity contribution in [1.82, 2.24) is 19.4 Å². The first-order valence-corrected chi connectivity index (χ1v) is 8.77. The van der Waals surface area contributed by atoms with E-state index in [-0.39, 0.29) is 0 Å². The van der Waals surface area contributed by atoms with Crippen LogP contribution in [0.15, 0.2) is 31.1 Å². The number of hydrogen-bond acceptors (Lipinski definition) is 3. The Balaban J connectivity index is 0.000000335. The second-order valence-corrected chi connectivity index (χ2v) is 6.21. The van der Waals surface area contributed by atoms with Crippen LogP contribution in [-0.4, -0.2) is 39.6 Å². The summed E-state index contributed by atoms with van der Waals surface area (Å²) >= 11 is 0. The Morgan fingerprint density at radius 1 is 0.909 bits per heavy atom. The molecule has 0 bridgehead atoms. The lowest BCUT2D eigenvalue weighted by Gasteiger charge is -2.17. The van der Waals surface area contributed by atoms with Gasteiger partial charge in [0.15, 0.2) is 0 Å². The molecule has 0 fully saturated rings. The van der Waals surface area contributed by atoms with E-state index in [4.69, 9.17) is 0 Å². The van der Waals surface area contributed by atoms with Gasteiger partial charge in [0.25, 0.3) is 0 Å². The second kappa shape index (κ2) is 12.1. The first-order valence-electron chi connectivity index (χ1n) is 8.77. The van der Waals surface area contributed by atoms with Gasteiger partial charge < -0.3 is 14.4 Å². The summed E-state index contributed by atoms with van der Waals surface area (Å²) in [4.78, 5) is 8.41. The molecule has 0 aromatic carbocycles. The van der Waals surface area contributed by atoms with E-state index in [2.05, 4.69) is 41.2 Å². The highest BCUT2D eigenvalue weighted by molar-refractivity contribution is 4.88. The van der Waals surface area contributed by atoms with E-state index < -0.39 is 0 Å². The van der Waals surface area contributed by atoms with Gasteiger partial charge in [-0.25, -0.2) is 4.98 Å². The monoisotopic (exact) mass is 306 g/mol. The summed E-state index contributed by atoms with van der Waals surface area (Å²) in [6, 6.07) is 0. The lowest BCUT2D eigenvalue weighted by atomic mass is 10.1. The highest BCUT2D eigenvalue weighted by atomic mass is 15.3. The van der Waals surface area contributed by atoms with Crippen molar-refractivity contribution in [3.05, 3.63) is 31.1 Å². The number of nitrogens with zero attached hydrogens (tertiary/aromatic N) is 4. The standard InChI is InChI=1S/C14H28N2.C4H6N2/c1-3-4-5-6-7-8-9-10-11-16-13-12-15(2)14-16;1-6-3-2-5-4-6/h12-13H,3-11,14H2,1-2H3;2-4H,1H3. The number of unbranched alkanes of at least 4 members (excludes halogenated alkanes) is 7. The normalized spacial score (nSPS) is 13.4. The number of imidazole rings is 1. The maximum Gasteiger partial charge on any atom is 0.0943 e. The molecule has 2 rings (SSSR count). The van der Waals surface area contributed by atoms with Crippen molar-refractivity contribution in [3.8, 4) is 0 Å². The number of aromatic nitrogens is 2. The van der Waals surface area contributed by atoms with Gasteiger partial charge in [0, 0.05) is 45.4 Å². The molecule has 0 aliphatic carbocycles. The SMILES string of the molecule is CCCCCCCCCCN1C=CN(C)C1.Cn1ccnc1. The maximum absolute atomic E-state index is 3.78. The van der Waals surface area contributed by atoms with Gasteiger partial charge in [0.1, 0.15) is 0 Å². The Morgan fingerprint density at radius 2 is 1.59 bits per heavy atom. The molecule has 4 nitrogen and oxygen atoms in total. The molecule has 0 saturated heterocycles. The Morgan fingerprint density at radius 3 is 2.05 bits per heavy atom. The molecular weight excluding hydrogens is 272 g/mol. The molecule has 0 amide bonds. The molecule has 126 valence electrons. The molecule has 0 N–H and O–H groups in total. The highest BCUT2D eigenvalue weighted by Crippen LogP contribution is 2.10. The number of hydrogen-bond donors (Lipinski definition) is 0. The van der Waals surface area contributed by atoms with Gasteiger partial charge in [0.2, 0.25) is 0 Å². The minimum Gasteiger partial charge on any atom is -0.362 e. The zero-order valence-electron chi connectivity index (χ0n) is 14.7. The average molecular weight is 306 g/mol. The summed E-state index contributed by atoms with van der Waals surface area (Å²) in [7, 11) is 4.07. The van der Waals surface area contributed by atoms with Crippen LogP contribution in [0.3, 0.4) is 0 Å². The van der Waals surface area contributed by atoms with Gasteiger partial charge in [0.05, 0.1) is 13.0 Å². The van der Waals surface area contributed by atoms with Crippen molar-refractivity contribution >= 4 is 0 Å². The lowest BCUT2D eigenvalue weighted by molar-refractivity contribution is 0.290. The van der Waals surface area contributed by atoms with Gasteiger partial charge in [-0.05, 0) is 6.42 Å². The molecule has 1 aromatic rings. The Bertz CT molecular complexity index is 372. The largest absolute Gasteiger partial charge is 0.362 e. The van der Waals surface area contributed by atoms with Crippen molar-refractivity contribution in [2.75, 3.05) is 20.3 Å².